The minimum absolute atomic E-state index is 0.143. The van der Waals surface area contributed by atoms with Crippen molar-refractivity contribution in [3.63, 3.8) is 0 Å². The molecule has 0 spiro atoms. The van der Waals surface area contributed by atoms with Gasteiger partial charge in [0.2, 0.25) is 0 Å². The largest absolute Gasteiger partial charge is 0.356 e. The van der Waals surface area contributed by atoms with Gasteiger partial charge in [-0.15, -0.1) is 0 Å². The molecule has 3 nitrogen and oxygen atoms in total. The van der Waals surface area contributed by atoms with Crippen LogP contribution in [0.2, 0.25) is 0 Å². The third-order valence-electron chi connectivity index (χ3n) is 3.32. The topological polar surface area (TPSA) is 37.0 Å². The highest BCUT2D eigenvalue weighted by molar-refractivity contribution is 7.80. The van der Waals surface area contributed by atoms with E-state index >= 15 is 0 Å². The van der Waals surface area contributed by atoms with Gasteiger partial charge in [-0.2, -0.15) is 0 Å². The van der Waals surface area contributed by atoms with Crippen molar-refractivity contribution in [2.24, 2.45) is 0 Å². The maximum Gasteiger partial charge on any atom is 0.171 e. The van der Waals surface area contributed by atoms with E-state index in [0.29, 0.717) is 5.11 Å². The first kappa shape index (κ1) is 14.5. The Bertz CT molecular complexity index is 596. The van der Waals surface area contributed by atoms with Gasteiger partial charge in [-0.3, -0.25) is 4.98 Å². The second kappa shape index (κ2) is 6.48. The SMILES string of the molecule is Cc1ccc(NC(=S)N[C@H](C)c2ccncc2)cc1C. The molecular weight excluding hydrogens is 266 g/mol. The van der Waals surface area contributed by atoms with Crippen molar-refractivity contribution < 1.29 is 0 Å². The Hall–Kier alpha value is -1.94. The van der Waals surface area contributed by atoms with Crippen molar-refractivity contribution in [1.29, 1.82) is 0 Å². The van der Waals surface area contributed by atoms with Gasteiger partial charge < -0.3 is 10.6 Å². The van der Waals surface area contributed by atoms with E-state index in [1.54, 1.807) is 12.4 Å². The number of aryl methyl sites for hydroxylation is 2. The van der Waals surface area contributed by atoms with Gasteiger partial charge in [0.1, 0.15) is 0 Å². The van der Waals surface area contributed by atoms with E-state index in [1.807, 2.05) is 18.2 Å². The minimum atomic E-state index is 0.143. The van der Waals surface area contributed by atoms with Crippen LogP contribution in [0.3, 0.4) is 0 Å². The lowest BCUT2D eigenvalue weighted by atomic mass is 10.1. The molecule has 0 bridgehead atoms. The first-order valence-electron chi connectivity index (χ1n) is 6.61. The van der Waals surface area contributed by atoms with E-state index in [4.69, 9.17) is 12.2 Å². The van der Waals surface area contributed by atoms with Gasteiger partial charge in [-0.05, 0) is 73.9 Å². The van der Waals surface area contributed by atoms with E-state index in [1.165, 1.54) is 11.1 Å². The number of aromatic nitrogens is 1. The van der Waals surface area contributed by atoms with Gasteiger partial charge in [0, 0.05) is 18.1 Å². The van der Waals surface area contributed by atoms with Crippen LogP contribution in [0.25, 0.3) is 0 Å². The number of benzene rings is 1. The fourth-order valence-corrected chi connectivity index (χ4v) is 2.21. The van der Waals surface area contributed by atoms with Gasteiger partial charge in [0.25, 0.3) is 0 Å². The quantitative estimate of drug-likeness (QED) is 0.842. The smallest absolute Gasteiger partial charge is 0.171 e. The molecule has 20 heavy (non-hydrogen) atoms. The highest BCUT2D eigenvalue weighted by Crippen LogP contribution is 2.15. The number of rotatable bonds is 3. The van der Waals surface area contributed by atoms with Crippen LogP contribution in [0.1, 0.15) is 29.7 Å². The van der Waals surface area contributed by atoms with Crippen molar-refractivity contribution in [3.05, 3.63) is 59.4 Å². The molecule has 0 saturated carbocycles. The first-order chi connectivity index (χ1) is 9.56. The molecule has 2 N–H and O–H groups in total. The van der Waals surface area contributed by atoms with Crippen LogP contribution in [0.15, 0.2) is 42.7 Å². The summed E-state index contributed by atoms with van der Waals surface area (Å²) in [6, 6.07) is 10.3. The van der Waals surface area contributed by atoms with E-state index in [0.717, 1.165) is 11.3 Å². The Morgan fingerprint density at radius 2 is 1.80 bits per heavy atom. The molecule has 0 saturated heterocycles. The monoisotopic (exact) mass is 285 g/mol. The highest BCUT2D eigenvalue weighted by atomic mass is 32.1. The highest BCUT2D eigenvalue weighted by Gasteiger charge is 2.06. The van der Waals surface area contributed by atoms with Crippen LogP contribution in [0, 0.1) is 13.8 Å². The predicted molar refractivity (Wildman–Crippen MR) is 87.9 cm³/mol. The van der Waals surface area contributed by atoms with Gasteiger partial charge in [-0.1, -0.05) is 6.07 Å². The average molecular weight is 285 g/mol. The van der Waals surface area contributed by atoms with Crippen molar-refractivity contribution in [3.8, 4) is 0 Å². The molecule has 0 aliphatic heterocycles. The van der Waals surface area contributed by atoms with Gasteiger partial charge in [0.15, 0.2) is 5.11 Å². The Kier molecular flexibility index (Phi) is 4.69. The Balaban J connectivity index is 1.97. The molecule has 0 fully saturated rings. The summed E-state index contributed by atoms with van der Waals surface area (Å²) in [5.41, 5.74) is 4.69. The summed E-state index contributed by atoms with van der Waals surface area (Å²) >= 11 is 5.35. The third kappa shape index (κ3) is 3.78. The lowest BCUT2D eigenvalue weighted by Crippen LogP contribution is -2.30. The summed E-state index contributed by atoms with van der Waals surface area (Å²) in [5.74, 6) is 0. The van der Waals surface area contributed by atoms with Crippen LogP contribution < -0.4 is 10.6 Å². The fourth-order valence-electron chi connectivity index (χ4n) is 1.92. The summed E-state index contributed by atoms with van der Waals surface area (Å²) in [5, 5.41) is 7.11. The van der Waals surface area contributed by atoms with Crippen LogP contribution in [-0.4, -0.2) is 10.1 Å². The molecule has 0 amide bonds. The second-order valence-corrected chi connectivity index (χ2v) is 5.31. The fraction of sp³-hybridized carbons (Fsp3) is 0.250. The second-order valence-electron chi connectivity index (χ2n) is 4.90. The van der Waals surface area contributed by atoms with Crippen LogP contribution in [0.5, 0.6) is 0 Å². The summed E-state index contributed by atoms with van der Waals surface area (Å²) in [6.07, 6.45) is 3.57. The van der Waals surface area contributed by atoms with Gasteiger partial charge >= 0.3 is 0 Å². The lowest BCUT2D eigenvalue weighted by molar-refractivity contribution is 0.721. The maximum absolute atomic E-state index is 5.35. The lowest BCUT2D eigenvalue weighted by Gasteiger charge is -2.17. The van der Waals surface area contributed by atoms with E-state index in [9.17, 15) is 0 Å². The van der Waals surface area contributed by atoms with Crippen LogP contribution >= 0.6 is 12.2 Å². The zero-order valence-electron chi connectivity index (χ0n) is 12.0. The Morgan fingerprint density at radius 1 is 1.10 bits per heavy atom. The molecule has 1 atom stereocenters. The minimum Gasteiger partial charge on any atom is -0.356 e. The number of pyridine rings is 1. The summed E-state index contributed by atoms with van der Waals surface area (Å²) in [4.78, 5) is 4.02. The molecule has 2 aromatic rings. The zero-order valence-corrected chi connectivity index (χ0v) is 12.8. The number of hydrogen-bond donors (Lipinski definition) is 2. The van der Waals surface area contributed by atoms with Crippen molar-refractivity contribution >= 4 is 23.0 Å². The number of nitrogens with zero attached hydrogens (tertiary/aromatic N) is 1. The molecule has 1 aromatic carbocycles. The molecule has 0 unspecified atom stereocenters. The van der Waals surface area contributed by atoms with E-state index in [2.05, 4.69) is 48.5 Å². The molecule has 2 rings (SSSR count). The number of anilines is 1. The van der Waals surface area contributed by atoms with E-state index in [-0.39, 0.29) is 6.04 Å². The molecule has 1 heterocycles. The number of thiocarbonyl (C=S) groups is 1. The van der Waals surface area contributed by atoms with Crippen LogP contribution in [-0.2, 0) is 0 Å². The maximum atomic E-state index is 5.35. The molecule has 1 aromatic heterocycles. The Labute approximate surface area is 125 Å². The summed E-state index contributed by atoms with van der Waals surface area (Å²) < 4.78 is 0. The molecule has 0 radical (unpaired) electrons. The van der Waals surface area contributed by atoms with Crippen molar-refractivity contribution in [2.75, 3.05) is 5.32 Å². The van der Waals surface area contributed by atoms with Crippen molar-refractivity contribution in [2.45, 2.75) is 26.8 Å². The first-order valence-corrected chi connectivity index (χ1v) is 7.02. The van der Waals surface area contributed by atoms with Crippen LogP contribution in [0.4, 0.5) is 5.69 Å². The number of hydrogen-bond acceptors (Lipinski definition) is 2. The predicted octanol–water partition coefficient (Wildman–Crippen LogP) is 3.75. The Morgan fingerprint density at radius 3 is 2.45 bits per heavy atom. The van der Waals surface area contributed by atoms with E-state index < -0.39 is 0 Å². The molecule has 0 aliphatic carbocycles. The zero-order chi connectivity index (χ0) is 14.5. The normalized spacial score (nSPS) is 11.8. The van der Waals surface area contributed by atoms with Gasteiger partial charge in [0.05, 0.1) is 6.04 Å². The average Bonchev–Trinajstić information content (AvgIpc) is 2.44. The molecular formula is C16H19N3S. The third-order valence-corrected chi connectivity index (χ3v) is 3.54. The summed E-state index contributed by atoms with van der Waals surface area (Å²) in [7, 11) is 0. The standard InChI is InChI=1S/C16H19N3S/c1-11-4-5-15(10-12(11)2)19-16(20)18-13(3)14-6-8-17-9-7-14/h4-10,13H,1-3H3,(H2,18,19,20)/t13-/m1/s1. The molecule has 104 valence electrons. The molecule has 0 aliphatic rings. The number of nitrogens with one attached hydrogen (secondary N) is 2. The van der Waals surface area contributed by atoms with Gasteiger partial charge in [-0.25, -0.2) is 0 Å². The summed E-state index contributed by atoms with van der Waals surface area (Å²) in [6.45, 7) is 6.27. The van der Waals surface area contributed by atoms with Crippen molar-refractivity contribution in [1.82, 2.24) is 10.3 Å². The molecule has 4 heteroatoms.